The summed E-state index contributed by atoms with van der Waals surface area (Å²) in [5.41, 5.74) is 3.47. The smallest absolute Gasteiger partial charge is 0.227 e. The molecule has 0 aromatic heterocycles. The number of carbonyl (C=O) groups is 1. The zero-order valence-corrected chi connectivity index (χ0v) is 12.0. The normalized spacial score (nSPS) is 15.5. The molecule has 21 heavy (non-hydrogen) atoms. The minimum atomic E-state index is -0.280. The van der Waals surface area contributed by atoms with Crippen molar-refractivity contribution in [2.24, 2.45) is 0 Å². The Balaban J connectivity index is 1.64. The lowest BCUT2D eigenvalue weighted by Crippen LogP contribution is -2.37. The van der Waals surface area contributed by atoms with Crippen LogP contribution in [0.1, 0.15) is 29.5 Å². The number of rotatable bonds is 3. The van der Waals surface area contributed by atoms with E-state index in [2.05, 4.69) is 17.4 Å². The summed E-state index contributed by atoms with van der Waals surface area (Å²) in [6, 6.07) is 14.6. The molecule has 0 bridgehead atoms. The number of fused-ring (bicyclic) bond motifs is 1. The average Bonchev–Trinajstić information content (AvgIpc) is 2.89. The van der Waals surface area contributed by atoms with Gasteiger partial charge in [-0.15, -0.1) is 0 Å². The molecule has 3 heteroatoms. The minimum absolute atomic E-state index is 0.000542. The van der Waals surface area contributed by atoms with Crippen molar-refractivity contribution in [1.82, 2.24) is 5.32 Å². The lowest BCUT2D eigenvalue weighted by molar-refractivity contribution is -0.122. The van der Waals surface area contributed by atoms with Gasteiger partial charge in [0, 0.05) is 6.04 Å². The fraction of sp³-hybridized carbons (Fsp3) is 0.278. The van der Waals surface area contributed by atoms with Crippen molar-refractivity contribution >= 4 is 5.91 Å². The standard InChI is InChI=1S/C18H18FNO/c1-12(13-6-8-16(19)9-7-13)18(21)20-17-10-14-4-2-3-5-15(14)11-17/h2-9,12,17H,10-11H2,1H3,(H,20,21)/t12-/m0/s1. The first-order chi connectivity index (χ1) is 10.1. The number of halogens is 1. The zero-order valence-electron chi connectivity index (χ0n) is 12.0. The van der Waals surface area contributed by atoms with Crippen LogP contribution >= 0.6 is 0 Å². The van der Waals surface area contributed by atoms with Crippen molar-refractivity contribution in [2.75, 3.05) is 0 Å². The number of hydrogen-bond donors (Lipinski definition) is 1. The highest BCUT2D eigenvalue weighted by Gasteiger charge is 2.24. The van der Waals surface area contributed by atoms with Gasteiger partial charge in [-0.05, 0) is 48.6 Å². The molecule has 0 spiro atoms. The van der Waals surface area contributed by atoms with E-state index in [1.807, 2.05) is 19.1 Å². The van der Waals surface area contributed by atoms with Gasteiger partial charge in [0.1, 0.15) is 5.82 Å². The Hall–Kier alpha value is -2.16. The molecule has 0 fully saturated rings. The van der Waals surface area contributed by atoms with Gasteiger partial charge in [-0.3, -0.25) is 4.79 Å². The van der Waals surface area contributed by atoms with Gasteiger partial charge >= 0.3 is 0 Å². The number of carbonyl (C=O) groups excluding carboxylic acids is 1. The molecule has 0 saturated carbocycles. The van der Waals surface area contributed by atoms with E-state index in [0.717, 1.165) is 18.4 Å². The molecule has 0 heterocycles. The van der Waals surface area contributed by atoms with Crippen molar-refractivity contribution in [3.63, 3.8) is 0 Å². The van der Waals surface area contributed by atoms with Crippen molar-refractivity contribution in [3.8, 4) is 0 Å². The SMILES string of the molecule is C[C@H](C(=O)NC1Cc2ccccc2C1)c1ccc(F)cc1. The van der Waals surface area contributed by atoms with Gasteiger partial charge in [0.15, 0.2) is 0 Å². The maximum Gasteiger partial charge on any atom is 0.227 e. The van der Waals surface area contributed by atoms with E-state index in [9.17, 15) is 9.18 Å². The molecule has 1 N–H and O–H groups in total. The summed E-state index contributed by atoms with van der Waals surface area (Å²) >= 11 is 0. The van der Waals surface area contributed by atoms with Gasteiger partial charge in [-0.25, -0.2) is 4.39 Å². The van der Waals surface area contributed by atoms with E-state index in [0.29, 0.717) is 0 Å². The number of hydrogen-bond acceptors (Lipinski definition) is 1. The molecule has 0 radical (unpaired) electrons. The molecule has 1 aliphatic carbocycles. The second kappa shape index (κ2) is 5.68. The summed E-state index contributed by atoms with van der Waals surface area (Å²) in [6.45, 7) is 1.85. The third kappa shape index (κ3) is 2.97. The van der Waals surface area contributed by atoms with E-state index >= 15 is 0 Å². The first-order valence-electron chi connectivity index (χ1n) is 7.26. The highest BCUT2D eigenvalue weighted by molar-refractivity contribution is 5.83. The third-order valence-corrected chi connectivity index (χ3v) is 4.16. The topological polar surface area (TPSA) is 29.1 Å². The van der Waals surface area contributed by atoms with Crippen LogP contribution in [-0.4, -0.2) is 11.9 Å². The maximum absolute atomic E-state index is 12.9. The molecule has 0 saturated heterocycles. The molecular formula is C18H18FNO. The Morgan fingerprint density at radius 2 is 1.67 bits per heavy atom. The molecule has 1 atom stereocenters. The largest absolute Gasteiger partial charge is 0.352 e. The first-order valence-corrected chi connectivity index (χ1v) is 7.26. The van der Waals surface area contributed by atoms with Crippen molar-refractivity contribution in [3.05, 3.63) is 71.0 Å². The summed E-state index contributed by atoms with van der Waals surface area (Å²) in [5.74, 6) is -0.550. The van der Waals surface area contributed by atoms with E-state index in [-0.39, 0.29) is 23.7 Å². The van der Waals surface area contributed by atoms with Gasteiger partial charge in [-0.1, -0.05) is 36.4 Å². The van der Waals surface area contributed by atoms with E-state index < -0.39 is 0 Å². The molecule has 2 nitrogen and oxygen atoms in total. The first kappa shape index (κ1) is 13.8. The van der Waals surface area contributed by atoms with Crippen molar-refractivity contribution in [2.45, 2.75) is 31.7 Å². The maximum atomic E-state index is 12.9. The van der Waals surface area contributed by atoms with Crippen LogP contribution in [0.15, 0.2) is 48.5 Å². The summed E-state index contributed by atoms with van der Waals surface area (Å²) < 4.78 is 12.9. The average molecular weight is 283 g/mol. The number of benzene rings is 2. The second-order valence-electron chi connectivity index (χ2n) is 5.66. The van der Waals surface area contributed by atoms with Gasteiger partial charge in [0.05, 0.1) is 5.92 Å². The zero-order chi connectivity index (χ0) is 14.8. The Bertz CT molecular complexity index is 626. The highest BCUT2D eigenvalue weighted by Crippen LogP contribution is 2.23. The van der Waals surface area contributed by atoms with Crippen LogP contribution in [0.2, 0.25) is 0 Å². The fourth-order valence-electron chi connectivity index (χ4n) is 2.89. The molecule has 2 aromatic rings. The Labute approximate surface area is 124 Å². The Morgan fingerprint density at radius 3 is 2.24 bits per heavy atom. The van der Waals surface area contributed by atoms with E-state index in [4.69, 9.17) is 0 Å². The van der Waals surface area contributed by atoms with Gasteiger partial charge in [0.25, 0.3) is 0 Å². The molecule has 1 aliphatic rings. The van der Waals surface area contributed by atoms with E-state index in [1.54, 1.807) is 12.1 Å². The fourth-order valence-corrected chi connectivity index (χ4v) is 2.89. The van der Waals surface area contributed by atoms with Crippen LogP contribution in [0.5, 0.6) is 0 Å². The molecule has 1 amide bonds. The molecule has 3 rings (SSSR count). The summed E-state index contributed by atoms with van der Waals surface area (Å²) in [7, 11) is 0. The summed E-state index contributed by atoms with van der Waals surface area (Å²) in [4.78, 5) is 12.3. The minimum Gasteiger partial charge on any atom is -0.352 e. The number of amides is 1. The molecule has 2 aromatic carbocycles. The summed E-state index contributed by atoms with van der Waals surface area (Å²) in [6.07, 6.45) is 1.77. The number of nitrogens with one attached hydrogen (secondary N) is 1. The second-order valence-corrected chi connectivity index (χ2v) is 5.66. The predicted molar refractivity (Wildman–Crippen MR) is 80.6 cm³/mol. The molecule has 0 aliphatic heterocycles. The molecule has 108 valence electrons. The summed E-state index contributed by atoms with van der Waals surface area (Å²) in [5, 5.41) is 3.11. The van der Waals surface area contributed by atoms with Crippen molar-refractivity contribution in [1.29, 1.82) is 0 Å². The van der Waals surface area contributed by atoms with Gasteiger partial charge < -0.3 is 5.32 Å². The van der Waals surface area contributed by atoms with Crippen molar-refractivity contribution < 1.29 is 9.18 Å². The highest BCUT2D eigenvalue weighted by atomic mass is 19.1. The van der Waals surface area contributed by atoms with Crippen LogP contribution in [-0.2, 0) is 17.6 Å². The van der Waals surface area contributed by atoms with Crippen LogP contribution in [0, 0.1) is 5.82 Å². The van der Waals surface area contributed by atoms with Gasteiger partial charge in [-0.2, -0.15) is 0 Å². The lowest BCUT2D eigenvalue weighted by Gasteiger charge is -2.17. The van der Waals surface area contributed by atoms with Crippen LogP contribution in [0.3, 0.4) is 0 Å². The van der Waals surface area contributed by atoms with E-state index in [1.165, 1.54) is 23.3 Å². The van der Waals surface area contributed by atoms with Crippen LogP contribution in [0.4, 0.5) is 4.39 Å². The van der Waals surface area contributed by atoms with Crippen LogP contribution < -0.4 is 5.32 Å². The Morgan fingerprint density at radius 1 is 1.10 bits per heavy atom. The quantitative estimate of drug-likeness (QED) is 0.920. The monoisotopic (exact) mass is 283 g/mol. The lowest BCUT2D eigenvalue weighted by atomic mass is 10.00. The third-order valence-electron chi connectivity index (χ3n) is 4.16. The molecule has 0 unspecified atom stereocenters. The Kier molecular flexibility index (Phi) is 3.74. The van der Waals surface area contributed by atoms with Crippen LogP contribution in [0.25, 0.3) is 0 Å². The van der Waals surface area contributed by atoms with Gasteiger partial charge in [0.2, 0.25) is 5.91 Å². The predicted octanol–water partition coefficient (Wildman–Crippen LogP) is 3.21. The molecular weight excluding hydrogens is 265 g/mol.